The summed E-state index contributed by atoms with van der Waals surface area (Å²) in [4.78, 5) is 25.2. The van der Waals surface area contributed by atoms with Crippen LogP contribution in [0.3, 0.4) is 0 Å². The van der Waals surface area contributed by atoms with Gasteiger partial charge in [-0.1, -0.05) is 32.0 Å². The molecule has 0 amide bonds. The molecular weight excluding hydrogens is 434 g/mol. The third-order valence-corrected chi connectivity index (χ3v) is 6.63. The van der Waals surface area contributed by atoms with Crippen molar-refractivity contribution in [1.82, 2.24) is 4.57 Å². The number of aromatic hydroxyl groups is 1. The van der Waals surface area contributed by atoms with Crippen molar-refractivity contribution in [3.63, 3.8) is 0 Å². The molecule has 1 aliphatic heterocycles. The fraction of sp³-hybridized carbons (Fsp3) is 0.227. The lowest BCUT2D eigenvalue weighted by Crippen LogP contribution is -2.33. The van der Waals surface area contributed by atoms with Gasteiger partial charge in [-0.2, -0.15) is 8.42 Å². The van der Waals surface area contributed by atoms with Crippen LogP contribution >= 0.6 is 0 Å². The molecule has 0 radical (unpaired) electrons. The second-order valence-electron chi connectivity index (χ2n) is 7.90. The van der Waals surface area contributed by atoms with E-state index in [1.54, 1.807) is 18.2 Å². The summed E-state index contributed by atoms with van der Waals surface area (Å²) in [5.41, 5.74) is -0.820. The van der Waals surface area contributed by atoms with Crippen molar-refractivity contribution < 1.29 is 23.4 Å². The van der Waals surface area contributed by atoms with Crippen LogP contribution in [-0.4, -0.2) is 35.0 Å². The van der Waals surface area contributed by atoms with Crippen molar-refractivity contribution in [2.24, 2.45) is 10.3 Å². The zero-order valence-corrected chi connectivity index (χ0v) is 18.2. The van der Waals surface area contributed by atoms with Crippen LogP contribution in [0.25, 0.3) is 10.9 Å². The van der Waals surface area contributed by atoms with Crippen molar-refractivity contribution in [1.29, 1.82) is 0 Å². The van der Waals surface area contributed by atoms with Crippen molar-refractivity contribution in [3.8, 4) is 5.75 Å². The number of benzene rings is 2. The fourth-order valence-electron chi connectivity index (χ4n) is 3.71. The first-order chi connectivity index (χ1) is 15.1. The number of pyridine rings is 1. The first-order valence-corrected chi connectivity index (χ1v) is 11.4. The van der Waals surface area contributed by atoms with E-state index in [0.29, 0.717) is 6.42 Å². The Morgan fingerprint density at radius 2 is 1.88 bits per heavy atom. The fourth-order valence-corrected chi connectivity index (χ4v) is 4.83. The lowest BCUT2D eigenvalue weighted by Gasteiger charge is -2.21. The Labute approximate surface area is 183 Å². The first kappa shape index (κ1) is 21.6. The smallest absolute Gasteiger partial charge is 0.336 e. The Kier molecular flexibility index (Phi) is 5.25. The van der Waals surface area contributed by atoms with Crippen molar-refractivity contribution in [3.05, 3.63) is 63.9 Å². The predicted octanol–water partition coefficient (Wildman–Crippen LogP) is 3.01. The molecule has 0 spiro atoms. The number of para-hydroxylation sites is 1. The number of hydrogen-bond acceptors (Lipinski definition) is 6. The predicted molar refractivity (Wildman–Crippen MR) is 120 cm³/mol. The van der Waals surface area contributed by atoms with Crippen LogP contribution in [0.15, 0.2) is 56.6 Å². The van der Waals surface area contributed by atoms with Crippen LogP contribution in [0.5, 0.6) is 5.75 Å². The summed E-state index contributed by atoms with van der Waals surface area (Å²) < 4.78 is 30.5. The van der Waals surface area contributed by atoms with Gasteiger partial charge in [-0.15, -0.1) is 4.40 Å². The van der Waals surface area contributed by atoms with Crippen LogP contribution < -0.4 is 10.9 Å². The quantitative estimate of drug-likeness (QED) is 0.537. The highest BCUT2D eigenvalue weighted by Gasteiger charge is 2.30. The number of hydrogen-bond donors (Lipinski definition) is 3. The number of carbonyl (C=O) groups is 1. The van der Waals surface area contributed by atoms with E-state index in [-0.39, 0.29) is 45.3 Å². The average molecular weight is 455 g/mol. The van der Waals surface area contributed by atoms with Gasteiger partial charge < -0.3 is 20.1 Å². The summed E-state index contributed by atoms with van der Waals surface area (Å²) in [6.45, 7) is 4.21. The molecule has 2 heterocycles. The summed E-state index contributed by atoms with van der Waals surface area (Å²) >= 11 is 0. The lowest BCUT2D eigenvalue weighted by atomic mass is 10.0. The monoisotopic (exact) mass is 455 g/mol. The van der Waals surface area contributed by atoms with Gasteiger partial charge in [-0.05, 0) is 36.6 Å². The number of amidine groups is 1. The highest BCUT2D eigenvalue weighted by molar-refractivity contribution is 7.90. The Hall–Kier alpha value is -3.66. The molecule has 10 heteroatoms. The number of sulfonamides is 1. The van der Waals surface area contributed by atoms with E-state index in [2.05, 4.69) is 9.71 Å². The van der Waals surface area contributed by atoms with E-state index in [1.807, 2.05) is 13.8 Å². The number of aryl methyl sites for hydroxylation is 1. The molecule has 0 saturated carbocycles. The molecule has 0 bridgehead atoms. The van der Waals surface area contributed by atoms with E-state index in [9.17, 15) is 28.2 Å². The highest BCUT2D eigenvalue weighted by atomic mass is 32.2. The standard InChI is InChI=1S/C22H21N3O6S/c1-12(2)10-11-25-15-8-5-6-13(22(28)29)17(15)19(26)18(21(25)27)20-23-14-7-3-4-9-16(14)32(30,31)24-20/h3-9,12,26H,10-11H2,1-2H3,(H,23,24)(H,28,29). The van der Waals surface area contributed by atoms with Gasteiger partial charge in [0.05, 0.1) is 22.2 Å². The summed E-state index contributed by atoms with van der Waals surface area (Å²) in [5.74, 6) is -2.03. The molecule has 4 rings (SSSR count). The number of carboxylic acids is 1. The number of aromatic carboxylic acids is 1. The maximum Gasteiger partial charge on any atom is 0.336 e. The Balaban J connectivity index is 2.06. The van der Waals surface area contributed by atoms with Gasteiger partial charge >= 0.3 is 5.97 Å². The van der Waals surface area contributed by atoms with E-state index >= 15 is 0 Å². The molecule has 0 fully saturated rings. The summed E-state index contributed by atoms with van der Waals surface area (Å²) in [5, 5.41) is 23.4. The molecule has 9 nitrogen and oxygen atoms in total. The summed E-state index contributed by atoms with van der Waals surface area (Å²) in [6, 6.07) is 10.4. The lowest BCUT2D eigenvalue weighted by molar-refractivity contribution is 0.0698. The largest absolute Gasteiger partial charge is 0.506 e. The molecule has 0 unspecified atom stereocenters. The normalized spacial score (nSPS) is 14.7. The van der Waals surface area contributed by atoms with Crippen LogP contribution in [-0.2, 0) is 16.6 Å². The van der Waals surface area contributed by atoms with Gasteiger partial charge in [0.15, 0.2) is 5.84 Å². The van der Waals surface area contributed by atoms with Gasteiger partial charge in [-0.3, -0.25) is 4.79 Å². The van der Waals surface area contributed by atoms with E-state index in [4.69, 9.17) is 0 Å². The van der Waals surface area contributed by atoms with Crippen LogP contribution in [0.4, 0.5) is 5.69 Å². The molecule has 2 aromatic carbocycles. The number of anilines is 1. The first-order valence-electron chi connectivity index (χ1n) is 9.95. The summed E-state index contributed by atoms with van der Waals surface area (Å²) in [6.07, 6.45) is 0.609. The number of fused-ring (bicyclic) bond motifs is 2. The molecule has 166 valence electrons. The number of carboxylic acid groups (broad SMARTS) is 1. The molecule has 32 heavy (non-hydrogen) atoms. The second-order valence-corrected chi connectivity index (χ2v) is 9.48. The van der Waals surface area contributed by atoms with Gasteiger partial charge in [0.25, 0.3) is 15.6 Å². The van der Waals surface area contributed by atoms with Crippen LogP contribution in [0, 0.1) is 5.92 Å². The minimum Gasteiger partial charge on any atom is -0.506 e. The zero-order valence-electron chi connectivity index (χ0n) is 17.4. The topological polar surface area (TPSA) is 138 Å². The Morgan fingerprint density at radius 1 is 1.16 bits per heavy atom. The minimum atomic E-state index is -4.14. The number of nitrogens with one attached hydrogen (secondary N) is 1. The maximum absolute atomic E-state index is 13.5. The molecule has 1 aromatic heterocycles. The SMILES string of the molecule is CC(C)CCn1c(=O)c(C2=NS(=O)(=O)c3ccccc3N2)c(O)c2c(C(=O)O)cccc21. The van der Waals surface area contributed by atoms with Gasteiger partial charge in [-0.25, -0.2) is 4.79 Å². The van der Waals surface area contributed by atoms with Crippen LogP contribution in [0.2, 0.25) is 0 Å². The molecule has 3 aromatic rings. The van der Waals surface area contributed by atoms with Gasteiger partial charge in [0.2, 0.25) is 0 Å². The number of rotatable bonds is 5. The zero-order chi connectivity index (χ0) is 23.2. The minimum absolute atomic E-state index is 0.0564. The average Bonchev–Trinajstić information content (AvgIpc) is 2.72. The molecule has 0 aliphatic carbocycles. The Morgan fingerprint density at radius 3 is 2.56 bits per heavy atom. The van der Waals surface area contributed by atoms with E-state index in [0.717, 1.165) is 0 Å². The molecule has 0 atom stereocenters. The Bertz CT molecular complexity index is 1450. The summed E-state index contributed by atoms with van der Waals surface area (Å²) in [7, 11) is -4.14. The molecule has 1 aliphatic rings. The number of aromatic nitrogens is 1. The molecule has 3 N–H and O–H groups in total. The molecular formula is C22H21N3O6S. The highest BCUT2D eigenvalue weighted by Crippen LogP contribution is 2.34. The van der Waals surface area contributed by atoms with Crippen molar-refractivity contribution >= 4 is 38.4 Å². The van der Waals surface area contributed by atoms with Crippen LogP contribution in [0.1, 0.15) is 36.2 Å². The number of nitrogens with zero attached hydrogens (tertiary/aromatic N) is 2. The van der Waals surface area contributed by atoms with Gasteiger partial charge in [0.1, 0.15) is 16.2 Å². The third kappa shape index (κ3) is 3.52. The van der Waals surface area contributed by atoms with Crippen molar-refractivity contribution in [2.75, 3.05) is 5.32 Å². The second kappa shape index (κ2) is 7.79. The maximum atomic E-state index is 13.5. The third-order valence-electron chi connectivity index (χ3n) is 5.29. The van der Waals surface area contributed by atoms with Gasteiger partial charge in [0, 0.05) is 6.54 Å². The van der Waals surface area contributed by atoms with E-state index in [1.165, 1.54) is 28.8 Å². The molecule has 0 saturated heterocycles. The van der Waals surface area contributed by atoms with E-state index < -0.39 is 32.9 Å². The van der Waals surface area contributed by atoms with Crippen molar-refractivity contribution in [2.45, 2.75) is 31.7 Å².